The normalized spacial score (nSPS) is 11.3. The summed E-state index contributed by atoms with van der Waals surface area (Å²) < 4.78 is 26.7. The number of nitrogens with two attached hydrogens (primary N) is 1. The van der Waals surface area contributed by atoms with E-state index in [9.17, 15) is 13.2 Å². The Morgan fingerprint density at radius 1 is 1.35 bits per heavy atom. The summed E-state index contributed by atoms with van der Waals surface area (Å²) in [5.74, 6) is -0.164. The molecule has 106 valence electrons. The molecule has 2 rings (SSSR count). The van der Waals surface area contributed by atoms with Gasteiger partial charge < -0.3 is 9.84 Å². The maximum absolute atomic E-state index is 11.9. The van der Waals surface area contributed by atoms with Crippen molar-refractivity contribution in [2.45, 2.75) is 12.7 Å². The smallest absolute Gasteiger partial charge is 0.260 e. The summed E-state index contributed by atoms with van der Waals surface area (Å²) >= 11 is 0. The van der Waals surface area contributed by atoms with Gasteiger partial charge in [0, 0.05) is 5.69 Å². The number of carbonyl (C=O) groups excluding carboxylic acids is 1. The first kappa shape index (κ1) is 14.2. The zero-order chi connectivity index (χ0) is 14.8. The second kappa shape index (κ2) is 5.43. The number of amides is 1. The predicted octanol–water partition coefficient (Wildman–Crippen LogP) is 1.02. The SMILES string of the molecule is Cc1oncc1C(=O)Nc1ccc(CS(N)(=O)=O)cc1. The summed E-state index contributed by atoms with van der Waals surface area (Å²) in [6.07, 6.45) is 1.33. The number of benzene rings is 1. The molecule has 0 aliphatic rings. The van der Waals surface area contributed by atoms with E-state index in [1.807, 2.05) is 0 Å². The molecule has 3 N–H and O–H groups in total. The van der Waals surface area contributed by atoms with Gasteiger partial charge >= 0.3 is 0 Å². The zero-order valence-electron chi connectivity index (χ0n) is 10.7. The molecule has 1 amide bonds. The van der Waals surface area contributed by atoms with Gasteiger partial charge in [0.2, 0.25) is 10.0 Å². The minimum Gasteiger partial charge on any atom is -0.361 e. The molecule has 0 aliphatic carbocycles. The Morgan fingerprint density at radius 2 is 2.00 bits per heavy atom. The van der Waals surface area contributed by atoms with Crippen LogP contribution in [0, 0.1) is 6.92 Å². The molecule has 0 bridgehead atoms. The standard InChI is InChI=1S/C12H13N3O4S/c1-8-11(6-14-19-8)12(16)15-10-4-2-9(3-5-10)7-20(13,17)18/h2-6H,7H2,1H3,(H,15,16)(H2,13,17,18). The van der Waals surface area contributed by atoms with Crippen LogP contribution in [0.15, 0.2) is 35.0 Å². The van der Waals surface area contributed by atoms with E-state index in [2.05, 4.69) is 10.5 Å². The quantitative estimate of drug-likeness (QED) is 0.873. The number of sulfonamides is 1. The Labute approximate surface area is 115 Å². The average Bonchev–Trinajstić information content (AvgIpc) is 2.76. The third-order valence-electron chi connectivity index (χ3n) is 2.58. The monoisotopic (exact) mass is 295 g/mol. The van der Waals surface area contributed by atoms with Gasteiger partial charge in [0.15, 0.2) is 0 Å². The molecule has 0 saturated heterocycles. The van der Waals surface area contributed by atoms with Crippen LogP contribution < -0.4 is 10.5 Å². The number of nitrogens with one attached hydrogen (secondary N) is 1. The zero-order valence-corrected chi connectivity index (χ0v) is 11.5. The van der Waals surface area contributed by atoms with Crippen molar-refractivity contribution in [1.29, 1.82) is 0 Å². The fraction of sp³-hybridized carbons (Fsp3) is 0.167. The molecule has 0 aliphatic heterocycles. The molecule has 0 spiro atoms. The number of aromatic nitrogens is 1. The van der Waals surface area contributed by atoms with Gasteiger partial charge in [0.25, 0.3) is 5.91 Å². The predicted molar refractivity (Wildman–Crippen MR) is 72.4 cm³/mol. The van der Waals surface area contributed by atoms with Crippen LogP contribution in [0.3, 0.4) is 0 Å². The highest BCUT2D eigenvalue weighted by atomic mass is 32.2. The van der Waals surface area contributed by atoms with Crippen molar-refractivity contribution in [1.82, 2.24) is 5.16 Å². The molecule has 1 aromatic carbocycles. The molecule has 1 heterocycles. The van der Waals surface area contributed by atoms with Crippen molar-refractivity contribution >= 4 is 21.6 Å². The lowest BCUT2D eigenvalue weighted by molar-refractivity contribution is 0.102. The molecular formula is C12H13N3O4S. The van der Waals surface area contributed by atoms with Crippen LogP contribution in [-0.2, 0) is 15.8 Å². The Balaban J connectivity index is 2.08. The number of carbonyl (C=O) groups is 1. The van der Waals surface area contributed by atoms with E-state index >= 15 is 0 Å². The molecule has 0 saturated carbocycles. The molecular weight excluding hydrogens is 282 g/mol. The number of hydrogen-bond donors (Lipinski definition) is 2. The van der Waals surface area contributed by atoms with Gasteiger partial charge in [-0.1, -0.05) is 17.3 Å². The second-order valence-electron chi connectivity index (χ2n) is 4.25. The largest absolute Gasteiger partial charge is 0.361 e. The van der Waals surface area contributed by atoms with Crippen molar-refractivity contribution in [3.63, 3.8) is 0 Å². The molecule has 0 atom stereocenters. The summed E-state index contributed by atoms with van der Waals surface area (Å²) in [5, 5.41) is 11.1. The summed E-state index contributed by atoms with van der Waals surface area (Å²) in [7, 11) is -3.56. The maximum atomic E-state index is 11.9. The Morgan fingerprint density at radius 3 is 2.50 bits per heavy atom. The van der Waals surface area contributed by atoms with Crippen molar-refractivity contribution in [2.24, 2.45) is 5.14 Å². The highest BCUT2D eigenvalue weighted by Crippen LogP contribution is 2.14. The van der Waals surface area contributed by atoms with Gasteiger partial charge in [-0.2, -0.15) is 0 Å². The summed E-state index contributed by atoms with van der Waals surface area (Å²) in [6, 6.07) is 6.36. The third-order valence-corrected chi connectivity index (χ3v) is 3.31. The van der Waals surface area contributed by atoms with E-state index in [1.54, 1.807) is 31.2 Å². The van der Waals surface area contributed by atoms with Crippen LogP contribution in [0.25, 0.3) is 0 Å². The van der Waals surface area contributed by atoms with Crippen LogP contribution in [0.1, 0.15) is 21.7 Å². The second-order valence-corrected chi connectivity index (χ2v) is 5.87. The molecule has 0 radical (unpaired) electrons. The number of aryl methyl sites for hydroxylation is 1. The lowest BCUT2D eigenvalue weighted by Gasteiger charge is -2.05. The average molecular weight is 295 g/mol. The summed E-state index contributed by atoms with van der Waals surface area (Å²) in [6.45, 7) is 1.64. The van der Waals surface area contributed by atoms with Gasteiger partial charge in [-0.3, -0.25) is 4.79 Å². The van der Waals surface area contributed by atoms with Crippen LogP contribution >= 0.6 is 0 Å². The fourth-order valence-corrected chi connectivity index (χ4v) is 2.29. The highest BCUT2D eigenvalue weighted by Gasteiger charge is 2.13. The molecule has 1 aromatic heterocycles. The van der Waals surface area contributed by atoms with Gasteiger partial charge in [0.1, 0.15) is 11.3 Å². The molecule has 0 fully saturated rings. The van der Waals surface area contributed by atoms with Gasteiger partial charge in [-0.05, 0) is 24.6 Å². The topological polar surface area (TPSA) is 115 Å². The van der Waals surface area contributed by atoms with Crippen molar-refractivity contribution in [2.75, 3.05) is 5.32 Å². The number of nitrogens with zero attached hydrogens (tertiary/aromatic N) is 1. The minimum absolute atomic E-state index is 0.244. The number of primary sulfonamides is 1. The fourth-order valence-electron chi connectivity index (χ4n) is 1.63. The van der Waals surface area contributed by atoms with Gasteiger partial charge in [-0.25, -0.2) is 13.6 Å². The maximum Gasteiger partial charge on any atom is 0.260 e. The highest BCUT2D eigenvalue weighted by molar-refractivity contribution is 7.88. The van der Waals surface area contributed by atoms with Crippen molar-refractivity contribution in [3.05, 3.63) is 47.3 Å². The first-order valence-electron chi connectivity index (χ1n) is 5.67. The molecule has 7 nitrogen and oxygen atoms in total. The number of rotatable bonds is 4. The lowest BCUT2D eigenvalue weighted by Crippen LogP contribution is -2.15. The minimum atomic E-state index is -3.56. The first-order chi connectivity index (χ1) is 9.35. The number of anilines is 1. The van der Waals surface area contributed by atoms with Gasteiger partial charge in [0.05, 0.1) is 11.9 Å². The van der Waals surface area contributed by atoms with Crippen LogP contribution in [0.2, 0.25) is 0 Å². The Kier molecular flexibility index (Phi) is 3.86. The van der Waals surface area contributed by atoms with E-state index in [4.69, 9.17) is 9.66 Å². The van der Waals surface area contributed by atoms with Crippen LogP contribution in [0.4, 0.5) is 5.69 Å². The molecule has 0 unspecified atom stereocenters. The first-order valence-corrected chi connectivity index (χ1v) is 7.39. The van der Waals surface area contributed by atoms with Gasteiger partial charge in [-0.15, -0.1) is 0 Å². The Hall–Kier alpha value is -2.19. The van der Waals surface area contributed by atoms with E-state index in [0.717, 1.165) is 0 Å². The van der Waals surface area contributed by atoms with E-state index in [-0.39, 0.29) is 11.7 Å². The third kappa shape index (κ3) is 3.65. The molecule has 2 aromatic rings. The molecule has 20 heavy (non-hydrogen) atoms. The van der Waals surface area contributed by atoms with Crippen molar-refractivity contribution < 1.29 is 17.7 Å². The Bertz CT molecular complexity index is 719. The summed E-state index contributed by atoms with van der Waals surface area (Å²) in [5.41, 5.74) is 1.43. The van der Waals surface area contributed by atoms with E-state index in [0.29, 0.717) is 22.6 Å². The van der Waals surface area contributed by atoms with Crippen LogP contribution in [0.5, 0.6) is 0 Å². The van der Waals surface area contributed by atoms with Crippen molar-refractivity contribution in [3.8, 4) is 0 Å². The molecule has 8 heteroatoms. The summed E-state index contributed by atoms with van der Waals surface area (Å²) in [4.78, 5) is 11.9. The lowest BCUT2D eigenvalue weighted by atomic mass is 10.2. The van der Waals surface area contributed by atoms with Crippen LogP contribution in [-0.4, -0.2) is 19.5 Å². The van der Waals surface area contributed by atoms with E-state index in [1.165, 1.54) is 6.20 Å². The van der Waals surface area contributed by atoms with E-state index < -0.39 is 10.0 Å². The number of hydrogen-bond acceptors (Lipinski definition) is 5.